The molecule has 0 aliphatic heterocycles. The van der Waals surface area contributed by atoms with E-state index in [1.54, 1.807) is 12.1 Å². The fourth-order valence-electron chi connectivity index (χ4n) is 2.27. The van der Waals surface area contributed by atoms with Crippen molar-refractivity contribution in [2.24, 2.45) is 4.99 Å². The summed E-state index contributed by atoms with van der Waals surface area (Å²) < 4.78 is 14.0. The maximum Gasteiger partial charge on any atom is 0.192 e. The Hall–Kier alpha value is -2.58. The van der Waals surface area contributed by atoms with E-state index in [9.17, 15) is 4.39 Å². The van der Waals surface area contributed by atoms with Crippen molar-refractivity contribution in [3.8, 4) is 6.07 Å². The second-order valence-corrected chi connectivity index (χ2v) is 5.97. The minimum atomic E-state index is -0.426. The van der Waals surface area contributed by atoms with Crippen molar-refractivity contribution >= 4 is 17.6 Å². The molecule has 0 spiro atoms. The monoisotopic (exact) mass is 358 g/mol. The number of rotatable bonds is 5. The van der Waals surface area contributed by atoms with Gasteiger partial charge in [0.15, 0.2) is 5.96 Å². The van der Waals surface area contributed by atoms with Crippen LogP contribution in [0.3, 0.4) is 0 Å². The Kier molecular flexibility index (Phi) is 6.79. The third-order valence-corrected chi connectivity index (χ3v) is 3.91. The van der Waals surface area contributed by atoms with Crippen molar-refractivity contribution in [2.45, 2.75) is 26.4 Å². The van der Waals surface area contributed by atoms with E-state index in [1.807, 2.05) is 44.2 Å². The highest BCUT2D eigenvalue weighted by molar-refractivity contribution is 6.30. The van der Waals surface area contributed by atoms with Crippen molar-refractivity contribution in [1.82, 2.24) is 10.6 Å². The second-order valence-electron chi connectivity index (χ2n) is 5.53. The van der Waals surface area contributed by atoms with Crippen molar-refractivity contribution in [3.05, 3.63) is 70.0 Å². The van der Waals surface area contributed by atoms with E-state index in [0.717, 1.165) is 5.56 Å². The van der Waals surface area contributed by atoms with Gasteiger partial charge in [0.1, 0.15) is 5.82 Å². The number of guanidine groups is 1. The summed E-state index contributed by atoms with van der Waals surface area (Å²) in [6.45, 7) is 4.85. The zero-order chi connectivity index (χ0) is 18.2. The number of nitriles is 1. The average Bonchev–Trinajstić information content (AvgIpc) is 2.61. The molecule has 25 heavy (non-hydrogen) atoms. The van der Waals surface area contributed by atoms with Crippen molar-refractivity contribution in [1.29, 1.82) is 5.26 Å². The molecule has 1 atom stereocenters. The van der Waals surface area contributed by atoms with E-state index >= 15 is 0 Å². The SMILES string of the molecule is CCNC(=NCc1ccc(C#N)cc1F)NC(C)c1ccc(Cl)cc1. The molecule has 0 saturated carbocycles. The lowest BCUT2D eigenvalue weighted by atomic mass is 10.1. The third-order valence-electron chi connectivity index (χ3n) is 3.66. The van der Waals surface area contributed by atoms with Crippen LogP contribution in [-0.4, -0.2) is 12.5 Å². The number of halogens is 2. The molecule has 4 nitrogen and oxygen atoms in total. The highest BCUT2D eigenvalue weighted by atomic mass is 35.5. The van der Waals surface area contributed by atoms with Crippen LogP contribution in [0.4, 0.5) is 4.39 Å². The molecule has 0 fully saturated rings. The number of hydrogen-bond acceptors (Lipinski definition) is 2. The second kappa shape index (κ2) is 9.05. The zero-order valence-corrected chi connectivity index (χ0v) is 14.9. The van der Waals surface area contributed by atoms with Crippen molar-refractivity contribution in [2.75, 3.05) is 6.54 Å². The highest BCUT2D eigenvalue weighted by Gasteiger charge is 2.09. The molecule has 0 aromatic heterocycles. The first-order valence-corrected chi connectivity index (χ1v) is 8.40. The topological polar surface area (TPSA) is 60.2 Å². The summed E-state index contributed by atoms with van der Waals surface area (Å²) in [5, 5.41) is 15.9. The Balaban J connectivity index is 2.10. The Morgan fingerprint density at radius 2 is 2.00 bits per heavy atom. The minimum absolute atomic E-state index is 0.0147. The molecule has 0 bridgehead atoms. The predicted octanol–water partition coefficient (Wildman–Crippen LogP) is 4.17. The Labute approximate surface area is 152 Å². The molecule has 0 amide bonds. The number of benzene rings is 2. The molecule has 0 heterocycles. The molecule has 0 aliphatic rings. The fourth-order valence-corrected chi connectivity index (χ4v) is 2.40. The minimum Gasteiger partial charge on any atom is -0.357 e. The summed E-state index contributed by atoms with van der Waals surface area (Å²) in [4.78, 5) is 4.43. The molecular formula is C19H20ClFN4. The summed E-state index contributed by atoms with van der Waals surface area (Å²) in [5.74, 6) is 0.165. The summed E-state index contributed by atoms with van der Waals surface area (Å²) in [6, 6.07) is 13.9. The number of nitrogens with one attached hydrogen (secondary N) is 2. The van der Waals surface area contributed by atoms with Crippen molar-refractivity contribution in [3.63, 3.8) is 0 Å². The first-order chi connectivity index (χ1) is 12.0. The van der Waals surface area contributed by atoms with E-state index in [2.05, 4.69) is 15.6 Å². The summed E-state index contributed by atoms with van der Waals surface area (Å²) >= 11 is 5.91. The van der Waals surface area contributed by atoms with Crippen LogP contribution < -0.4 is 10.6 Å². The quantitative estimate of drug-likeness (QED) is 0.623. The molecule has 1 unspecified atom stereocenters. The van der Waals surface area contributed by atoms with Gasteiger partial charge in [-0.3, -0.25) is 0 Å². The van der Waals surface area contributed by atoms with Gasteiger partial charge in [-0.25, -0.2) is 9.38 Å². The maximum absolute atomic E-state index is 14.0. The molecule has 2 rings (SSSR count). The molecule has 0 saturated heterocycles. The Morgan fingerprint density at radius 3 is 2.60 bits per heavy atom. The number of nitrogens with zero attached hydrogens (tertiary/aromatic N) is 2. The van der Waals surface area contributed by atoms with Gasteiger partial charge in [-0.1, -0.05) is 29.8 Å². The van der Waals surface area contributed by atoms with Crippen LogP contribution in [0.1, 0.15) is 36.6 Å². The Morgan fingerprint density at radius 1 is 1.28 bits per heavy atom. The van der Waals surface area contributed by atoms with Crippen LogP contribution in [0.2, 0.25) is 5.02 Å². The van der Waals surface area contributed by atoms with Crippen LogP contribution in [0.5, 0.6) is 0 Å². The van der Waals surface area contributed by atoms with Gasteiger partial charge in [-0.05, 0) is 43.7 Å². The van der Waals surface area contributed by atoms with Crippen LogP contribution >= 0.6 is 11.6 Å². The number of aliphatic imine (C=N–C) groups is 1. The smallest absolute Gasteiger partial charge is 0.192 e. The molecular weight excluding hydrogens is 339 g/mol. The van der Waals surface area contributed by atoms with E-state index in [-0.39, 0.29) is 12.6 Å². The Bertz CT molecular complexity index is 781. The average molecular weight is 359 g/mol. The molecule has 0 radical (unpaired) electrons. The lowest BCUT2D eigenvalue weighted by Crippen LogP contribution is -2.38. The van der Waals surface area contributed by atoms with E-state index in [0.29, 0.717) is 28.7 Å². The van der Waals surface area contributed by atoms with Gasteiger partial charge in [0.25, 0.3) is 0 Å². The van der Waals surface area contributed by atoms with Gasteiger partial charge >= 0.3 is 0 Å². The molecule has 6 heteroatoms. The van der Waals surface area contributed by atoms with Crippen LogP contribution in [-0.2, 0) is 6.54 Å². The lowest BCUT2D eigenvalue weighted by Gasteiger charge is -2.18. The normalized spacial score (nSPS) is 12.4. The standard InChI is InChI=1S/C19H20ClFN4/c1-3-23-19(25-13(2)15-6-8-17(20)9-7-15)24-12-16-5-4-14(11-22)10-18(16)21/h4-10,13H,3,12H2,1-2H3,(H2,23,24,25). The maximum atomic E-state index is 14.0. The first kappa shape index (κ1) is 18.8. The van der Waals surface area contributed by atoms with E-state index in [1.165, 1.54) is 6.07 Å². The third kappa shape index (κ3) is 5.47. The summed E-state index contributed by atoms with van der Waals surface area (Å²) in [7, 11) is 0. The largest absolute Gasteiger partial charge is 0.357 e. The van der Waals surface area contributed by atoms with E-state index in [4.69, 9.17) is 16.9 Å². The van der Waals surface area contributed by atoms with Crippen molar-refractivity contribution < 1.29 is 4.39 Å². The van der Waals surface area contributed by atoms with Gasteiger partial charge in [0.2, 0.25) is 0 Å². The molecule has 2 aromatic rings. The lowest BCUT2D eigenvalue weighted by molar-refractivity contribution is 0.609. The van der Waals surface area contributed by atoms with Gasteiger partial charge in [-0.15, -0.1) is 0 Å². The van der Waals surface area contributed by atoms with Gasteiger partial charge in [0, 0.05) is 17.1 Å². The van der Waals surface area contributed by atoms with E-state index < -0.39 is 5.82 Å². The zero-order valence-electron chi connectivity index (χ0n) is 14.2. The molecule has 2 aromatic carbocycles. The number of hydrogen-bond donors (Lipinski definition) is 2. The summed E-state index contributed by atoms with van der Waals surface area (Å²) in [6.07, 6.45) is 0. The fraction of sp³-hybridized carbons (Fsp3) is 0.263. The first-order valence-electron chi connectivity index (χ1n) is 8.02. The van der Waals surface area contributed by atoms with Gasteiger partial charge in [0.05, 0.1) is 24.2 Å². The van der Waals surface area contributed by atoms with Crippen LogP contribution in [0.15, 0.2) is 47.5 Å². The predicted molar refractivity (Wildman–Crippen MR) is 98.9 cm³/mol. The molecule has 2 N–H and O–H groups in total. The highest BCUT2D eigenvalue weighted by Crippen LogP contribution is 2.16. The van der Waals surface area contributed by atoms with Crippen LogP contribution in [0, 0.1) is 17.1 Å². The molecule has 0 aliphatic carbocycles. The summed E-state index contributed by atoms with van der Waals surface area (Å²) in [5.41, 5.74) is 1.81. The van der Waals surface area contributed by atoms with Crippen LogP contribution in [0.25, 0.3) is 0 Å². The molecule has 130 valence electrons. The van der Waals surface area contributed by atoms with Gasteiger partial charge in [-0.2, -0.15) is 5.26 Å². The van der Waals surface area contributed by atoms with Gasteiger partial charge < -0.3 is 10.6 Å².